The van der Waals surface area contributed by atoms with Crippen molar-refractivity contribution in [2.45, 2.75) is 51.9 Å². The van der Waals surface area contributed by atoms with Crippen molar-refractivity contribution in [1.29, 1.82) is 0 Å². The predicted octanol–water partition coefficient (Wildman–Crippen LogP) is 3.33. The molecular formula is C20H26N2O4. The minimum absolute atomic E-state index is 0.0516. The molecule has 2 aromatic rings. The molecule has 2 atom stereocenters. The van der Waals surface area contributed by atoms with Crippen LogP contribution in [0.5, 0.6) is 0 Å². The van der Waals surface area contributed by atoms with Crippen LogP contribution in [0, 0.1) is 13.8 Å². The number of rotatable bonds is 8. The van der Waals surface area contributed by atoms with Gasteiger partial charge in [-0.25, -0.2) is 0 Å². The summed E-state index contributed by atoms with van der Waals surface area (Å²) in [5, 5.41) is 16.6. The number of carboxylic acids is 1. The Morgan fingerprint density at radius 1 is 1.27 bits per heavy atom. The number of carbonyl (C=O) groups is 2. The van der Waals surface area contributed by atoms with Gasteiger partial charge in [-0.3, -0.25) is 9.59 Å². The molecule has 1 heterocycles. The summed E-state index contributed by atoms with van der Waals surface area (Å²) < 4.78 is 5.16. The number of aryl methyl sites for hydroxylation is 2. The molecule has 140 valence electrons. The number of hydrogen-bond donors (Lipinski definition) is 2. The normalized spacial score (nSPS) is 14.5. The third-order valence-electron chi connectivity index (χ3n) is 5.00. The van der Waals surface area contributed by atoms with Crippen LogP contribution < -0.4 is 5.32 Å². The van der Waals surface area contributed by atoms with Gasteiger partial charge in [0.25, 0.3) is 0 Å². The number of carbonyl (C=O) groups excluding carboxylic acids is 1. The van der Waals surface area contributed by atoms with Gasteiger partial charge in [-0.05, 0) is 31.7 Å². The minimum Gasteiger partial charge on any atom is -0.481 e. The molecule has 0 saturated heterocycles. The van der Waals surface area contributed by atoms with Crippen LogP contribution in [0.25, 0.3) is 0 Å². The minimum atomic E-state index is -1.14. The van der Waals surface area contributed by atoms with Crippen molar-refractivity contribution in [2.75, 3.05) is 6.54 Å². The SMILES string of the molecule is CCC(CNC(=O)CC(C)c1c(C)noc1C)(C(=O)O)c1ccccc1. The largest absolute Gasteiger partial charge is 0.481 e. The summed E-state index contributed by atoms with van der Waals surface area (Å²) in [4.78, 5) is 24.4. The molecule has 6 heteroatoms. The third-order valence-corrected chi connectivity index (χ3v) is 5.00. The maximum absolute atomic E-state index is 12.4. The summed E-state index contributed by atoms with van der Waals surface area (Å²) in [6, 6.07) is 9.04. The zero-order valence-corrected chi connectivity index (χ0v) is 15.7. The number of benzene rings is 1. The van der Waals surface area contributed by atoms with Gasteiger partial charge in [0.05, 0.1) is 5.69 Å². The summed E-state index contributed by atoms with van der Waals surface area (Å²) in [7, 11) is 0. The van der Waals surface area contributed by atoms with Gasteiger partial charge >= 0.3 is 5.97 Å². The van der Waals surface area contributed by atoms with Crippen LogP contribution in [-0.2, 0) is 15.0 Å². The Labute approximate surface area is 153 Å². The summed E-state index contributed by atoms with van der Waals surface area (Å²) in [6.45, 7) is 7.48. The second-order valence-electron chi connectivity index (χ2n) is 6.73. The summed E-state index contributed by atoms with van der Waals surface area (Å²) in [5.74, 6) is -0.475. The van der Waals surface area contributed by atoms with Crippen LogP contribution in [0.15, 0.2) is 34.9 Å². The van der Waals surface area contributed by atoms with Gasteiger partial charge in [0.2, 0.25) is 5.91 Å². The van der Waals surface area contributed by atoms with Crippen molar-refractivity contribution in [3.63, 3.8) is 0 Å². The molecule has 0 saturated carbocycles. The molecule has 2 unspecified atom stereocenters. The van der Waals surface area contributed by atoms with Gasteiger partial charge < -0.3 is 14.9 Å². The molecule has 0 aliphatic rings. The zero-order valence-electron chi connectivity index (χ0n) is 15.7. The standard InChI is InChI=1S/C20H26N2O4/c1-5-20(19(24)25,16-9-7-6-8-10-16)12-21-17(23)11-13(2)18-14(3)22-26-15(18)4/h6-10,13H,5,11-12H2,1-4H3,(H,21,23)(H,24,25). The van der Waals surface area contributed by atoms with Crippen LogP contribution in [0.3, 0.4) is 0 Å². The van der Waals surface area contributed by atoms with Crippen molar-refractivity contribution in [3.8, 4) is 0 Å². The van der Waals surface area contributed by atoms with E-state index in [1.165, 1.54) is 0 Å². The topological polar surface area (TPSA) is 92.4 Å². The third kappa shape index (κ3) is 3.95. The van der Waals surface area contributed by atoms with Crippen LogP contribution in [0.2, 0.25) is 0 Å². The van der Waals surface area contributed by atoms with E-state index in [0.717, 1.165) is 11.3 Å². The number of aromatic nitrogens is 1. The molecule has 0 aliphatic heterocycles. The number of carboxylic acid groups (broad SMARTS) is 1. The van der Waals surface area contributed by atoms with Gasteiger partial charge in [0.15, 0.2) is 0 Å². The van der Waals surface area contributed by atoms with E-state index in [0.29, 0.717) is 17.7 Å². The first-order valence-corrected chi connectivity index (χ1v) is 8.80. The van der Waals surface area contributed by atoms with Crippen LogP contribution in [0.1, 0.15) is 55.2 Å². The fraction of sp³-hybridized carbons (Fsp3) is 0.450. The Bertz CT molecular complexity index is 750. The summed E-state index contributed by atoms with van der Waals surface area (Å²) in [6.07, 6.45) is 0.628. The lowest BCUT2D eigenvalue weighted by atomic mass is 9.78. The van der Waals surface area contributed by atoms with Crippen molar-refractivity contribution >= 4 is 11.9 Å². The predicted molar refractivity (Wildman–Crippen MR) is 98.1 cm³/mol. The molecule has 6 nitrogen and oxygen atoms in total. The highest BCUT2D eigenvalue weighted by molar-refractivity contribution is 5.83. The maximum atomic E-state index is 12.4. The molecule has 0 radical (unpaired) electrons. The fourth-order valence-corrected chi connectivity index (χ4v) is 3.43. The average Bonchev–Trinajstić information content (AvgIpc) is 2.95. The first-order valence-electron chi connectivity index (χ1n) is 8.80. The van der Waals surface area contributed by atoms with E-state index in [-0.39, 0.29) is 24.8 Å². The van der Waals surface area contributed by atoms with Gasteiger partial charge in [-0.2, -0.15) is 0 Å². The highest BCUT2D eigenvalue weighted by atomic mass is 16.5. The maximum Gasteiger partial charge on any atom is 0.315 e. The Balaban J connectivity index is 2.09. The van der Waals surface area contributed by atoms with Crippen LogP contribution >= 0.6 is 0 Å². The molecule has 26 heavy (non-hydrogen) atoms. The van der Waals surface area contributed by atoms with E-state index in [9.17, 15) is 14.7 Å². The van der Waals surface area contributed by atoms with Crippen molar-refractivity contribution in [2.24, 2.45) is 0 Å². The Morgan fingerprint density at radius 2 is 1.92 bits per heavy atom. The van der Waals surface area contributed by atoms with Crippen molar-refractivity contribution in [1.82, 2.24) is 10.5 Å². The van der Waals surface area contributed by atoms with Gasteiger partial charge in [-0.1, -0.05) is 49.3 Å². The molecule has 1 aromatic heterocycles. The van der Waals surface area contributed by atoms with Gasteiger partial charge in [0, 0.05) is 18.5 Å². The average molecular weight is 358 g/mol. The van der Waals surface area contributed by atoms with E-state index >= 15 is 0 Å². The van der Waals surface area contributed by atoms with Crippen LogP contribution in [-0.4, -0.2) is 28.7 Å². The van der Waals surface area contributed by atoms with Crippen LogP contribution in [0.4, 0.5) is 0 Å². The molecule has 2 rings (SSSR count). The Kier molecular flexibility index (Phi) is 6.18. The number of hydrogen-bond acceptors (Lipinski definition) is 4. The Hall–Kier alpha value is -2.63. The molecule has 2 N–H and O–H groups in total. The van der Waals surface area contributed by atoms with E-state index in [1.54, 1.807) is 12.1 Å². The number of aliphatic carboxylic acids is 1. The van der Waals surface area contributed by atoms with Crippen molar-refractivity contribution in [3.05, 3.63) is 52.9 Å². The summed E-state index contributed by atoms with van der Waals surface area (Å²) in [5.41, 5.74) is 1.27. The molecule has 0 fully saturated rings. The fourth-order valence-electron chi connectivity index (χ4n) is 3.43. The zero-order chi connectivity index (χ0) is 19.3. The van der Waals surface area contributed by atoms with E-state index in [1.807, 2.05) is 45.9 Å². The highest BCUT2D eigenvalue weighted by Gasteiger charge is 2.39. The smallest absolute Gasteiger partial charge is 0.315 e. The lowest BCUT2D eigenvalue weighted by molar-refractivity contribution is -0.144. The molecule has 0 aliphatic carbocycles. The number of nitrogens with one attached hydrogen (secondary N) is 1. The van der Waals surface area contributed by atoms with E-state index < -0.39 is 11.4 Å². The highest BCUT2D eigenvalue weighted by Crippen LogP contribution is 2.29. The number of amides is 1. The lowest BCUT2D eigenvalue weighted by Gasteiger charge is -2.29. The first-order chi connectivity index (χ1) is 12.3. The lowest BCUT2D eigenvalue weighted by Crippen LogP contribution is -2.46. The molecular weight excluding hydrogens is 332 g/mol. The van der Waals surface area contributed by atoms with Gasteiger partial charge in [0.1, 0.15) is 11.2 Å². The molecule has 1 amide bonds. The first kappa shape index (κ1) is 19.7. The Morgan fingerprint density at radius 3 is 2.42 bits per heavy atom. The van der Waals surface area contributed by atoms with E-state index in [4.69, 9.17) is 4.52 Å². The van der Waals surface area contributed by atoms with E-state index in [2.05, 4.69) is 10.5 Å². The number of nitrogens with zero attached hydrogens (tertiary/aromatic N) is 1. The quantitative estimate of drug-likeness (QED) is 0.755. The summed E-state index contributed by atoms with van der Waals surface area (Å²) >= 11 is 0. The second kappa shape index (κ2) is 8.17. The monoisotopic (exact) mass is 358 g/mol. The molecule has 0 spiro atoms. The second-order valence-corrected chi connectivity index (χ2v) is 6.73. The molecule has 1 aromatic carbocycles. The molecule has 0 bridgehead atoms. The van der Waals surface area contributed by atoms with Gasteiger partial charge in [-0.15, -0.1) is 0 Å². The van der Waals surface area contributed by atoms with Crippen molar-refractivity contribution < 1.29 is 19.2 Å².